The molecule has 1 amide bonds. The van der Waals surface area contributed by atoms with Crippen LogP contribution in [0.1, 0.15) is 40.5 Å². The number of ether oxygens (including phenoxy) is 2. The zero-order valence-corrected chi connectivity index (χ0v) is 28.9. The number of carbonyl (C=O) groups excluding carboxylic acids is 1. The number of likely N-dealkylation sites (tertiary alicyclic amines) is 1. The Balaban J connectivity index is 1.64. The number of nitrogens with zero attached hydrogens (tertiary/aromatic N) is 6. The summed E-state index contributed by atoms with van der Waals surface area (Å²) in [5, 5.41) is 13.7. The minimum Gasteiger partial charge on any atom is -0.495 e. The predicted molar refractivity (Wildman–Crippen MR) is 182 cm³/mol. The molecule has 0 spiro atoms. The van der Waals surface area contributed by atoms with Crippen LogP contribution in [-0.4, -0.2) is 83.7 Å². The Hall–Kier alpha value is -3.85. The molecule has 1 saturated heterocycles. The fraction of sp³-hybridized carbons (Fsp3) is 0.485. The number of nitrogens with one attached hydrogen (secondary N) is 1. The number of pyridine rings is 1. The average Bonchev–Trinajstić information content (AvgIpc) is 3.03. The molecule has 11 nitrogen and oxygen atoms in total. The van der Waals surface area contributed by atoms with Crippen molar-refractivity contribution in [3.05, 3.63) is 50.4 Å². The molecule has 246 valence electrons. The fourth-order valence-electron chi connectivity index (χ4n) is 5.61. The van der Waals surface area contributed by atoms with E-state index in [0.29, 0.717) is 66.8 Å². The summed E-state index contributed by atoms with van der Waals surface area (Å²) in [5.41, 5.74) is 0.635. The first kappa shape index (κ1) is 35.0. The minimum absolute atomic E-state index is 0.179. The third-order valence-corrected chi connectivity index (χ3v) is 8.73. The predicted octanol–water partition coefficient (Wildman–Crippen LogP) is 5.63. The first-order valence-electron chi connectivity index (χ1n) is 15.2. The Morgan fingerprint density at radius 3 is 2.35 bits per heavy atom. The Bertz CT molecular complexity index is 1710. The smallest absolute Gasteiger partial charge is 0.264 e. The Kier molecular flexibility index (Phi) is 11.2. The van der Waals surface area contributed by atoms with Crippen LogP contribution in [0.4, 0.5) is 5.95 Å². The van der Waals surface area contributed by atoms with Crippen molar-refractivity contribution in [1.29, 1.82) is 5.26 Å². The van der Waals surface area contributed by atoms with Crippen LogP contribution in [0, 0.1) is 16.7 Å². The SMILES string of the molecule is CCNc1ncc2cc(-c3c(Cl)c(OC)cc(OC)c3Cl)c(=O)n(CCN(C)C3CCN(C(=O)/C(C#N)=C\C(C)(C)C)CC3)c2n1. The van der Waals surface area contributed by atoms with E-state index in [4.69, 9.17) is 32.7 Å². The second-order valence-corrected chi connectivity index (χ2v) is 13.1. The summed E-state index contributed by atoms with van der Waals surface area (Å²) in [6, 6.07) is 5.53. The van der Waals surface area contributed by atoms with E-state index in [-0.39, 0.29) is 44.1 Å². The van der Waals surface area contributed by atoms with Gasteiger partial charge >= 0.3 is 0 Å². The molecule has 2 aromatic heterocycles. The number of allylic oxidation sites excluding steroid dienone is 1. The Labute approximate surface area is 279 Å². The van der Waals surface area contributed by atoms with Gasteiger partial charge < -0.3 is 24.6 Å². The van der Waals surface area contributed by atoms with E-state index in [2.05, 4.69) is 26.3 Å². The summed E-state index contributed by atoms with van der Waals surface area (Å²) in [5.74, 6) is 0.833. The highest BCUT2D eigenvalue weighted by Gasteiger charge is 2.28. The van der Waals surface area contributed by atoms with Gasteiger partial charge in [-0.15, -0.1) is 0 Å². The lowest BCUT2D eigenvalue weighted by Crippen LogP contribution is -2.46. The second-order valence-electron chi connectivity index (χ2n) is 12.3. The van der Waals surface area contributed by atoms with Crippen molar-refractivity contribution in [3.8, 4) is 28.7 Å². The summed E-state index contributed by atoms with van der Waals surface area (Å²) >= 11 is 13.5. The van der Waals surface area contributed by atoms with Crippen LogP contribution in [0.2, 0.25) is 10.0 Å². The standard InChI is InChI=1S/C33H41Cl2N7O4/c1-8-37-32-38-19-20-15-23(26-27(34)24(45-6)16-25(46-7)28(26)35)31(44)42(29(20)39-32)14-13-40(5)22-9-11-41(12-10-22)30(43)21(18-36)17-33(2,3)4/h15-17,19,22H,8-14H2,1-7H3,(H,37,38,39)/b21-17-. The van der Waals surface area contributed by atoms with Gasteiger partial charge in [0, 0.05) is 62.0 Å². The maximum atomic E-state index is 14.2. The van der Waals surface area contributed by atoms with Crippen molar-refractivity contribution in [2.45, 2.75) is 53.1 Å². The number of hydrogen-bond donors (Lipinski definition) is 1. The van der Waals surface area contributed by atoms with E-state index in [9.17, 15) is 14.9 Å². The molecule has 0 bridgehead atoms. The van der Waals surface area contributed by atoms with E-state index in [1.54, 1.807) is 33.9 Å². The molecule has 0 unspecified atom stereocenters. The summed E-state index contributed by atoms with van der Waals surface area (Å²) in [7, 11) is 4.97. The number of nitriles is 1. The van der Waals surface area contributed by atoms with Crippen molar-refractivity contribution in [3.63, 3.8) is 0 Å². The molecule has 1 N–H and O–H groups in total. The normalized spacial score (nSPS) is 14.5. The second kappa shape index (κ2) is 14.7. The molecule has 0 radical (unpaired) electrons. The van der Waals surface area contributed by atoms with E-state index in [0.717, 1.165) is 12.8 Å². The highest BCUT2D eigenvalue weighted by molar-refractivity contribution is 6.41. The molecule has 1 aromatic carbocycles. The number of benzene rings is 1. The number of aromatic nitrogens is 3. The number of amides is 1. The van der Waals surface area contributed by atoms with Crippen molar-refractivity contribution < 1.29 is 14.3 Å². The van der Waals surface area contributed by atoms with E-state index >= 15 is 0 Å². The molecule has 13 heteroatoms. The van der Waals surface area contributed by atoms with Crippen LogP contribution < -0.4 is 20.3 Å². The molecule has 1 aliphatic rings. The molecule has 1 fully saturated rings. The summed E-state index contributed by atoms with van der Waals surface area (Å²) < 4.78 is 12.5. The fourth-order valence-corrected chi connectivity index (χ4v) is 6.31. The molecule has 3 aromatic rings. The van der Waals surface area contributed by atoms with Gasteiger partial charge in [0.25, 0.3) is 11.5 Å². The number of hydrogen-bond acceptors (Lipinski definition) is 9. The maximum absolute atomic E-state index is 14.2. The molecule has 0 saturated carbocycles. The molecule has 1 aliphatic heterocycles. The number of fused-ring (bicyclic) bond motifs is 1. The van der Waals surface area contributed by atoms with E-state index in [1.165, 1.54) is 14.2 Å². The molecular weight excluding hydrogens is 629 g/mol. The van der Waals surface area contributed by atoms with Gasteiger partial charge in [-0.3, -0.25) is 14.2 Å². The monoisotopic (exact) mass is 669 g/mol. The average molecular weight is 671 g/mol. The van der Waals surface area contributed by atoms with Crippen molar-refractivity contribution >= 4 is 46.1 Å². The number of likely N-dealkylation sites (N-methyl/N-ethyl adjacent to an activating group) is 1. The van der Waals surface area contributed by atoms with Gasteiger partial charge in [0.15, 0.2) is 0 Å². The van der Waals surface area contributed by atoms with Gasteiger partial charge in [0.1, 0.15) is 28.8 Å². The van der Waals surface area contributed by atoms with Crippen LogP contribution in [0.25, 0.3) is 22.2 Å². The number of anilines is 1. The number of rotatable bonds is 10. The number of halogens is 2. The highest BCUT2D eigenvalue weighted by atomic mass is 35.5. The van der Waals surface area contributed by atoms with Crippen LogP contribution >= 0.6 is 23.2 Å². The topological polar surface area (TPSA) is 126 Å². The van der Waals surface area contributed by atoms with Crippen molar-refractivity contribution in [2.75, 3.05) is 52.8 Å². The quantitative estimate of drug-likeness (QED) is 0.216. The third kappa shape index (κ3) is 7.57. The molecule has 0 aliphatic carbocycles. The van der Waals surface area contributed by atoms with Crippen molar-refractivity contribution in [1.82, 2.24) is 24.3 Å². The molecule has 4 rings (SSSR count). The Morgan fingerprint density at radius 2 is 1.80 bits per heavy atom. The zero-order chi connectivity index (χ0) is 33.8. The molecule has 46 heavy (non-hydrogen) atoms. The number of piperidine rings is 1. The maximum Gasteiger partial charge on any atom is 0.264 e. The van der Waals surface area contributed by atoms with Crippen LogP contribution in [0.15, 0.2) is 34.8 Å². The van der Waals surface area contributed by atoms with E-state index in [1.807, 2.05) is 34.7 Å². The lowest BCUT2D eigenvalue weighted by Gasteiger charge is -2.37. The Morgan fingerprint density at radius 1 is 1.17 bits per heavy atom. The minimum atomic E-state index is -0.323. The lowest BCUT2D eigenvalue weighted by molar-refractivity contribution is -0.128. The van der Waals surface area contributed by atoms with Gasteiger partial charge in [-0.1, -0.05) is 50.0 Å². The van der Waals surface area contributed by atoms with Gasteiger partial charge in [-0.2, -0.15) is 10.2 Å². The van der Waals surface area contributed by atoms with E-state index < -0.39 is 0 Å². The van der Waals surface area contributed by atoms with Crippen LogP contribution in [0.5, 0.6) is 11.5 Å². The van der Waals surface area contributed by atoms with Crippen molar-refractivity contribution in [2.24, 2.45) is 5.41 Å². The van der Waals surface area contributed by atoms with Gasteiger partial charge in [0.05, 0.1) is 29.8 Å². The number of carbonyl (C=O) groups is 1. The summed E-state index contributed by atoms with van der Waals surface area (Å²) in [6.45, 7) is 10.4. The summed E-state index contributed by atoms with van der Waals surface area (Å²) in [6.07, 6.45) is 4.89. The molecule has 0 atom stereocenters. The highest BCUT2D eigenvalue weighted by Crippen LogP contribution is 2.45. The van der Waals surface area contributed by atoms with Crippen LogP contribution in [-0.2, 0) is 11.3 Å². The first-order valence-corrected chi connectivity index (χ1v) is 16.0. The molecule has 3 heterocycles. The third-order valence-electron chi connectivity index (χ3n) is 7.98. The zero-order valence-electron chi connectivity index (χ0n) is 27.4. The first-order chi connectivity index (χ1) is 21.8. The lowest BCUT2D eigenvalue weighted by atomic mass is 9.93. The largest absolute Gasteiger partial charge is 0.495 e. The number of methoxy groups -OCH3 is 2. The van der Waals surface area contributed by atoms with Gasteiger partial charge in [-0.05, 0) is 38.3 Å². The van der Waals surface area contributed by atoms with Gasteiger partial charge in [0.2, 0.25) is 5.95 Å². The van der Waals surface area contributed by atoms with Gasteiger partial charge in [-0.25, -0.2) is 4.98 Å². The summed E-state index contributed by atoms with van der Waals surface area (Å²) in [4.78, 5) is 40.3. The van der Waals surface area contributed by atoms with Crippen LogP contribution in [0.3, 0.4) is 0 Å². The molecular formula is C33H41Cl2N7O4.